The van der Waals surface area contributed by atoms with Crippen molar-refractivity contribution >= 4 is 5.91 Å². The number of nitrogens with zero attached hydrogens (tertiary/aromatic N) is 1. The lowest BCUT2D eigenvalue weighted by Gasteiger charge is -2.17. The first kappa shape index (κ1) is 10.3. The van der Waals surface area contributed by atoms with Crippen LogP contribution in [-0.4, -0.2) is 45.0 Å². The molecule has 0 aliphatic rings. The summed E-state index contributed by atoms with van der Waals surface area (Å²) in [5.41, 5.74) is 6.67. The number of ether oxygens (including phenoxy) is 2. The molecule has 11 heavy (non-hydrogen) atoms. The first-order chi connectivity index (χ1) is 5.20. The second kappa shape index (κ2) is 6.09. The van der Waals surface area contributed by atoms with Crippen molar-refractivity contribution in [2.75, 3.05) is 34.2 Å². The molecule has 0 aliphatic heterocycles. The number of hydrogen-bond donors (Lipinski definition) is 0. The molecule has 0 aromatic rings. The third-order valence-electron chi connectivity index (χ3n) is 0.991. The predicted molar refractivity (Wildman–Crippen MR) is 38.6 cm³/mol. The van der Waals surface area contributed by atoms with Gasteiger partial charge in [0.15, 0.2) is 0 Å². The summed E-state index contributed by atoms with van der Waals surface area (Å²) in [5, 5.41) is 0. The van der Waals surface area contributed by atoms with E-state index in [1.54, 1.807) is 4.90 Å². The first-order valence-electron chi connectivity index (χ1n) is 3.15. The van der Waals surface area contributed by atoms with E-state index in [0.717, 1.165) is 0 Å². The van der Waals surface area contributed by atoms with Crippen molar-refractivity contribution in [2.45, 2.75) is 0 Å². The maximum Gasteiger partial charge on any atom is 0.252 e. The Labute approximate surface area is 66.1 Å². The number of amides is 1. The minimum atomic E-state index is -0.640. The molecule has 1 N–H and O–H groups in total. The fraction of sp³-hybridized carbons (Fsp3) is 0.833. The van der Waals surface area contributed by atoms with Gasteiger partial charge in [0.25, 0.3) is 5.91 Å². The number of carbonyl (C=O) groups excluding carboxylic acids is 1. The molecule has 65 valence electrons. The van der Waals surface area contributed by atoms with Gasteiger partial charge in [-0.1, -0.05) is 0 Å². The summed E-state index contributed by atoms with van der Waals surface area (Å²) in [6.45, 7) is 0.651. The second-order valence-electron chi connectivity index (χ2n) is 2.09. The molecule has 5 nitrogen and oxygen atoms in total. The van der Waals surface area contributed by atoms with Crippen molar-refractivity contribution in [3.05, 3.63) is 0 Å². The molecule has 0 fully saturated rings. The highest BCUT2D eigenvalue weighted by Crippen LogP contribution is 1.87. The van der Waals surface area contributed by atoms with Gasteiger partial charge in [-0.25, -0.2) is 4.90 Å². The Hall–Kier alpha value is -0.650. The maximum absolute atomic E-state index is 10.3. The zero-order valence-electron chi connectivity index (χ0n) is 6.79. The van der Waals surface area contributed by atoms with Gasteiger partial charge in [-0.15, -0.1) is 0 Å². The van der Waals surface area contributed by atoms with Crippen LogP contribution in [0.2, 0.25) is 0 Å². The Bertz CT molecular complexity index is 112. The second-order valence-corrected chi connectivity index (χ2v) is 2.09. The molecule has 0 bridgehead atoms. The van der Waals surface area contributed by atoms with Gasteiger partial charge < -0.3 is 9.47 Å². The van der Waals surface area contributed by atoms with E-state index in [4.69, 9.17) is 15.2 Å². The predicted octanol–water partition coefficient (Wildman–Crippen LogP) is -0.694. The number of nitrogens with one attached hydrogen (secondary N) is 1. The smallest absolute Gasteiger partial charge is 0.252 e. The minimum Gasteiger partial charge on any atom is -0.369 e. The molecule has 0 spiro atoms. The molecule has 1 amide bonds. The highest BCUT2D eigenvalue weighted by atomic mass is 16.5. The summed E-state index contributed by atoms with van der Waals surface area (Å²) < 4.78 is 9.54. The highest BCUT2D eigenvalue weighted by molar-refractivity contribution is 5.75. The summed E-state index contributed by atoms with van der Waals surface area (Å²) in [6, 6.07) is 0. The number of hydrogen-bond acceptors (Lipinski definition) is 4. The van der Waals surface area contributed by atoms with E-state index < -0.39 is 5.91 Å². The van der Waals surface area contributed by atoms with Crippen LogP contribution in [0.4, 0.5) is 0 Å². The Balaban J connectivity index is 3.59. The Morgan fingerprint density at radius 1 is 1.36 bits per heavy atom. The van der Waals surface area contributed by atoms with E-state index in [0.29, 0.717) is 13.5 Å². The zero-order chi connectivity index (χ0) is 8.69. The maximum atomic E-state index is 10.3. The molecule has 0 aliphatic carbocycles. The van der Waals surface area contributed by atoms with Crippen LogP contribution in [0.25, 0.3) is 0 Å². The topological polar surface area (TPSA) is 62.6 Å². The van der Waals surface area contributed by atoms with Crippen molar-refractivity contribution in [3.63, 3.8) is 0 Å². The lowest BCUT2D eigenvalue weighted by Crippen LogP contribution is -2.33. The summed E-state index contributed by atoms with van der Waals surface area (Å²) in [4.78, 5) is 11.9. The van der Waals surface area contributed by atoms with E-state index in [1.165, 1.54) is 14.2 Å². The van der Waals surface area contributed by atoms with E-state index in [1.807, 2.05) is 0 Å². The minimum absolute atomic E-state index is 0.0433. The van der Waals surface area contributed by atoms with Crippen molar-refractivity contribution in [3.8, 4) is 0 Å². The Kier molecular flexibility index (Phi) is 5.73. The van der Waals surface area contributed by atoms with Gasteiger partial charge in [-0.05, 0) is 0 Å². The van der Waals surface area contributed by atoms with Crippen LogP contribution >= 0.6 is 0 Å². The summed E-state index contributed by atoms with van der Waals surface area (Å²) in [6.07, 6.45) is 0. The van der Waals surface area contributed by atoms with Crippen LogP contribution in [0.1, 0.15) is 0 Å². The molecule has 0 atom stereocenters. The van der Waals surface area contributed by atoms with Gasteiger partial charge >= 0.3 is 0 Å². The first-order valence-corrected chi connectivity index (χ1v) is 3.15. The Morgan fingerprint density at radius 3 is 2.09 bits per heavy atom. The van der Waals surface area contributed by atoms with Gasteiger partial charge in [-0.2, -0.15) is 0 Å². The van der Waals surface area contributed by atoms with Crippen molar-refractivity contribution in [2.24, 2.45) is 0 Å². The fourth-order valence-electron chi connectivity index (χ4n) is 0.697. The van der Waals surface area contributed by atoms with Gasteiger partial charge in [-0.3, -0.25) is 10.5 Å². The van der Waals surface area contributed by atoms with E-state index >= 15 is 0 Å². The van der Waals surface area contributed by atoms with Crippen molar-refractivity contribution in [1.82, 2.24) is 10.6 Å². The molecule has 0 aromatic carbocycles. The van der Waals surface area contributed by atoms with Crippen molar-refractivity contribution < 1.29 is 14.3 Å². The van der Waals surface area contributed by atoms with E-state index in [2.05, 4.69) is 0 Å². The molecule has 0 heterocycles. The third-order valence-corrected chi connectivity index (χ3v) is 0.991. The Morgan fingerprint density at radius 2 is 1.82 bits per heavy atom. The number of methoxy groups -OCH3 is 2. The van der Waals surface area contributed by atoms with Crippen molar-refractivity contribution in [1.29, 1.82) is 0 Å². The molecule has 0 saturated carbocycles. The van der Waals surface area contributed by atoms with Gasteiger partial charge in [0.1, 0.15) is 13.5 Å². The number of rotatable bonds is 6. The fourth-order valence-corrected chi connectivity index (χ4v) is 0.697. The molecule has 0 unspecified atom stereocenters. The van der Waals surface area contributed by atoms with Gasteiger partial charge in [0, 0.05) is 14.2 Å². The largest absolute Gasteiger partial charge is 0.369 e. The monoisotopic (exact) mass is 161 g/mol. The van der Waals surface area contributed by atoms with Crippen LogP contribution in [0.3, 0.4) is 0 Å². The van der Waals surface area contributed by atoms with Crippen LogP contribution < -0.4 is 5.73 Å². The molecule has 0 aromatic heterocycles. The molecular formula is C6H13N2O3. The van der Waals surface area contributed by atoms with Crippen LogP contribution in [0, 0.1) is 0 Å². The third kappa shape index (κ3) is 5.78. The molecule has 0 saturated heterocycles. The lowest BCUT2D eigenvalue weighted by molar-refractivity contribution is -0.123. The van der Waals surface area contributed by atoms with Crippen LogP contribution in [-0.2, 0) is 14.3 Å². The van der Waals surface area contributed by atoms with Crippen LogP contribution in [0.5, 0.6) is 0 Å². The average Bonchev–Trinajstić information content (AvgIpc) is 1.87. The quantitative estimate of drug-likeness (QED) is 0.483. The average molecular weight is 161 g/mol. The summed E-state index contributed by atoms with van der Waals surface area (Å²) in [5.74, 6) is -0.640. The molecule has 0 rings (SSSR count). The summed E-state index contributed by atoms with van der Waals surface area (Å²) >= 11 is 0. The standard InChI is InChI=1S/C6H13N2O3/c1-10-4-8(5-11-2)3-6(7)9/h7H,3-5H2,1-2H3. The van der Waals surface area contributed by atoms with E-state index in [-0.39, 0.29) is 6.54 Å². The highest BCUT2D eigenvalue weighted by Gasteiger charge is 2.06. The zero-order valence-corrected chi connectivity index (χ0v) is 6.79. The SMILES string of the molecule is COCN(COC)CC([NH])=O. The normalized spacial score (nSPS) is 10.5. The van der Waals surface area contributed by atoms with Crippen LogP contribution in [0.15, 0.2) is 0 Å². The van der Waals surface area contributed by atoms with E-state index in [9.17, 15) is 4.79 Å². The summed E-state index contributed by atoms with van der Waals surface area (Å²) in [7, 11) is 3.05. The van der Waals surface area contributed by atoms with Gasteiger partial charge in [0.2, 0.25) is 0 Å². The lowest BCUT2D eigenvalue weighted by atomic mass is 10.5. The molecular weight excluding hydrogens is 148 g/mol. The number of carbonyl (C=O) groups is 1. The van der Waals surface area contributed by atoms with Gasteiger partial charge in [0.05, 0.1) is 6.54 Å². The molecule has 5 heteroatoms. The molecule has 1 radical (unpaired) electrons.